The molecule has 18 heavy (non-hydrogen) atoms. The van der Waals surface area contributed by atoms with Crippen LogP contribution in [0.5, 0.6) is 0 Å². The molecular weight excluding hydrogens is 260 g/mol. The third-order valence-corrected chi connectivity index (χ3v) is 2.00. The molecule has 8 heteroatoms. The Labute approximate surface area is 108 Å². The topological polar surface area (TPSA) is 127 Å². The molecule has 0 spiro atoms. The van der Waals surface area contributed by atoms with Crippen molar-refractivity contribution in [3.05, 3.63) is 24.3 Å². The van der Waals surface area contributed by atoms with E-state index in [0.29, 0.717) is 18.8 Å². The summed E-state index contributed by atoms with van der Waals surface area (Å²) in [5, 5.41) is 17.7. The molecule has 6 N–H and O–H groups in total. The fourth-order valence-corrected chi connectivity index (χ4v) is 1.30. The van der Waals surface area contributed by atoms with Crippen LogP contribution in [0.4, 0.5) is 11.4 Å². The van der Waals surface area contributed by atoms with Crippen LogP contribution in [-0.2, 0) is 11.4 Å². The minimum absolute atomic E-state index is 0.0738. The van der Waals surface area contributed by atoms with Crippen molar-refractivity contribution >= 4 is 22.7 Å². The first-order valence-corrected chi connectivity index (χ1v) is 6.19. The van der Waals surface area contributed by atoms with E-state index in [4.69, 9.17) is 29.3 Å². The Balaban J connectivity index is 0.000000631. The monoisotopic (exact) mass is 278 g/mol. The highest BCUT2D eigenvalue weighted by molar-refractivity contribution is 7.73. The van der Waals surface area contributed by atoms with Gasteiger partial charge in [0.1, 0.15) is 0 Å². The molecule has 0 radical (unpaired) electrons. The summed E-state index contributed by atoms with van der Waals surface area (Å²) in [6.45, 7) is 1.18. The van der Waals surface area contributed by atoms with E-state index >= 15 is 0 Å². The molecule has 1 aromatic carbocycles. The molecule has 0 amide bonds. The molecule has 0 atom stereocenters. The summed E-state index contributed by atoms with van der Waals surface area (Å²) in [7, 11) is 0. The van der Waals surface area contributed by atoms with Crippen LogP contribution < -0.4 is 10.6 Å². The van der Waals surface area contributed by atoms with Gasteiger partial charge in [-0.15, -0.1) is 0 Å². The highest BCUT2D eigenvalue weighted by Gasteiger charge is 2.03. The van der Waals surface area contributed by atoms with Gasteiger partial charge in [-0.2, -0.15) is 4.21 Å². The van der Waals surface area contributed by atoms with E-state index in [1.165, 1.54) is 0 Å². The number of anilines is 2. The lowest BCUT2D eigenvalue weighted by Gasteiger charge is -2.22. The summed E-state index contributed by atoms with van der Waals surface area (Å²) < 4.78 is 22.8. The van der Waals surface area contributed by atoms with Crippen molar-refractivity contribution in [3.8, 4) is 0 Å². The van der Waals surface area contributed by atoms with Crippen molar-refractivity contribution in [3.63, 3.8) is 0 Å². The molecular formula is C10H18N2O5S. The van der Waals surface area contributed by atoms with Crippen LogP contribution in [0.3, 0.4) is 0 Å². The Kier molecular flexibility index (Phi) is 9.15. The minimum Gasteiger partial charge on any atom is -0.399 e. The van der Waals surface area contributed by atoms with Crippen LogP contribution in [0.25, 0.3) is 0 Å². The zero-order valence-electron chi connectivity index (χ0n) is 9.77. The van der Waals surface area contributed by atoms with Crippen molar-refractivity contribution in [1.29, 1.82) is 0 Å². The van der Waals surface area contributed by atoms with Crippen molar-refractivity contribution in [2.45, 2.75) is 0 Å². The van der Waals surface area contributed by atoms with Gasteiger partial charge in [-0.1, -0.05) is 0 Å². The fraction of sp³-hybridized carbons (Fsp3) is 0.400. The van der Waals surface area contributed by atoms with E-state index in [1.807, 2.05) is 17.0 Å². The lowest BCUT2D eigenvalue weighted by Crippen LogP contribution is -2.29. The molecule has 0 heterocycles. The van der Waals surface area contributed by atoms with Gasteiger partial charge in [-0.25, -0.2) is 0 Å². The molecule has 104 valence electrons. The molecule has 1 rings (SSSR count). The number of hydrogen-bond acceptors (Lipinski definition) is 5. The maximum atomic E-state index is 8.83. The third-order valence-electron chi connectivity index (χ3n) is 2.00. The van der Waals surface area contributed by atoms with Gasteiger partial charge in [-0.3, -0.25) is 9.11 Å². The van der Waals surface area contributed by atoms with Crippen LogP contribution in [0.15, 0.2) is 24.3 Å². The van der Waals surface area contributed by atoms with E-state index in [2.05, 4.69) is 0 Å². The van der Waals surface area contributed by atoms with E-state index in [0.717, 1.165) is 5.69 Å². The summed E-state index contributed by atoms with van der Waals surface area (Å²) >= 11 is -2.61. The number of aliphatic hydroxyl groups is 2. The van der Waals surface area contributed by atoms with Crippen molar-refractivity contribution < 1.29 is 23.5 Å². The van der Waals surface area contributed by atoms with Crippen LogP contribution in [0, 0.1) is 0 Å². The molecule has 0 aliphatic rings. The van der Waals surface area contributed by atoms with E-state index in [1.54, 1.807) is 12.1 Å². The van der Waals surface area contributed by atoms with Gasteiger partial charge in [0.15, 0.2) is 0 Å². The Morgan fingerprint density at radius 3 is 1.78 bits per heavy atom. The maximum Gasteiger partial charge on any atom is 0.299 e. The predicted molar refractivity (Wildman–Crippen MR) is 70.6 cm³/mol. The van der Waals surface area contributed by atoms with Gasteiger partial charge >= 0.3 is 0 Å². The van der Waals surface area contributed by atoms with E-state index in [-0.39, 0.29) is 13.2 Å². The number of nitrogens with two attached hydrogens (primary N) is 1. The van der Waals surface area contributed by atoms with Crippen molar-refractivity contribution in [2.75, 3.05) is 36.9 Å². The molecule has 0 aliphatic carbocycles. The molecule has 0 aliphatic heterocycles. The molecule has 0 bridgehead atoms. The second-order valence-corrected chi connectivity index (χ2v) is 3.72. The highest BCUT2D eigenvalue weighted by Crippen LogP contribution is 2.15. The Bertz CT molecular complexity index is 337. The average Bonchev–Trinajstić information content (AvgIpc) is 2.29. The lowest BCUT2D eigenvalue weighted by molar-refractivity contribution is 0.281. The minimum atomic E-state index is -2.61. The molecule has 0 saturated carbocycles. The maximum absolute atomic E-state index is 8.83. The Hall–Kier alpha value is -1.19. The zero-order valence-corrected chi connectivity index (χ0v) is 10.6. The van der Waals surface area contributed by atoms with Crippen LogP contribution >= 0.6 is 0 Å². The quantitative estimate of drug-likeness (QED) is 0.371. The fourth-order valence-electron chi connectivity index (χ4n) is 1.30. The number of rotatable bonds is 5. The van der Waals surface area contributed by atoms with Gasteiger partial charge in [0.25, 0.3) is 11.4 Å². The zero-order chi connectivity index (χ0) is 14.0. The summed E-state index contributed by atoms with van der Waals surface area (Å²) in [4.78, 5) is 1.90. The Morgan fingerprint density at radius 1 is 1.06 bits per heavy atom. The van der Waals surface area contributed by atoms with Crippen LogP contribution in [0.1, 0.15) is 0 Å². The standard InChI is InChI=1S/C10H16N2O2.H2O3S/c11-9-1-3-10(4-2-9)12(5-7-13)6-8-14;1-4(2)3/h1-4,13-14H,5-8,11H2;(H2,1,2,3). The predicted octanol–water partition coefficient (Wildman–Crippen LogP) is -0.259. The molecule has 0 fully saturated rings. The number of hydrogen-bond donors (Lipinski definition) is 5. The first kappa shape index (κ1) is 16.8. The molecule has 1 aromatic rings. The summed E-state index contributed by atoms with van der Waals surface area (Å²) in [5.41, 5.74) is 7.23. The number of benzene rings is 1. The Morgan fingerprint density at radius 2 is 1.44 bits per heavy atom. The first-order valence-electron chi connectivity index (χ1n) is 5.13. The van der Waals surface area contributed by atoms with Crippen LogP contribution in [0.2, 0.25) is 0 Å². The molecule has 7 nitrogen and oxygen atoms in total. The molecule has 0 saturated heterocycles. The van der Waals surface area contributed by atoms with Crippen molar-refractivity contribution in [2.24, 2.45) is 0 Å². The van der Waals surface area contributed by atoms with Gasteiger partial charge in [0, 0.05) is 24.5 Å². The number of nitrogens with zero attached hydrogens (tertiary/aromatic N) is 1. The highest BCUT2D eigenvalue weighted by atomic mass is 32.2. The lowest BCUT2D eigenvalue weighted by atomic mass is 10.2. The van der Waals surface area contributed by atoms with E-state index in [9.17, 15) is 0 Å². The van der Waals surface area contributed by atoms with Crippen molar-refractivity contribution in [1.82, 2.24) is 0 Å². The molecule has 0 unspecified atom stereocenters. The van der Waals surface area contributed by atoms with Gasteiger partial charge < -0.3 is 20.8 Å². The summed E-state index contributed by atoms with van der Waals surface area (Å²) in [6, 6.07) is 7.36. The number of nitrogen functional groups attached to an aromatic ring is 1. The first-order chi connectivity index (χ1) is 8.51. The van der Waals surface area contributed by atoms with Gasteiger partial charge in [-0.05, 0) is 24.3 Å². The SMILES string of the molecule is Nc1ccc(N(CCO)CCO)cc1.O=S(O)O. The summed E-state index contributed by atoms with van der Waals surface area (Å²) in [5.74, 6) is 0. The second-order valence-electron chi connectivity index (χ2n) is 3.26. The second kappa shape index (κ2) is 9.80. The smallest absolute Gasteiger partial charge is 0.299 e. The molecule has 0 aromatic heterocycles. The number of aliphatic hydroxyl groups excluding tert-OH is 2. The third kappa shape index (κ3) is 7.98. The van der Waals surface area contributed by atoms with Gasteiger partial charge in [0.2, 0.25) is 0 Å². The normalized spacial score (nSPS) is 9.83. The van der Waals surface area contributed by atoms with E-state index < -0.39 is 11.4 Å². The van der Waals surface area contributed by atoms with Crippen LogP contribution in [-0.4, -0.2) is 49.8 Å². The summed E-state index contributed by atoms with van der Waals surface area (Å²) in [6.07, 6.45) is 0. The largest absolute Gasteiger partial charge is 0.399 e. The average molecular weight is 278 g/mol. The van der Waals surface area contributed by atoms with Gasteiger partial charge in [0.05, 0.1) is 13.2 Å².